The highest BCUT2D eigenvalue weighted by molar-refractivity contribution is 9.10. The van der Waals surface area contributed by atoms with Gasteiger partial charge in [0.2, 0.25) is 0 Å². The van der Waals surface area contributed by atoms with E-state index >= 15 is 0 Å². The molecular weight excluding hydrogens is 260 g/mol. The number of thiophene rings is 1. The molecule has 1 saturated heterocycles. The van der Waals surface area contributed by atoms with E-state index in [-0.39, 0.29) is 0 Å². The molecule has 1 N–H and O–H groups in total. The van der Waals surface area contributed by atoms with Crippen LogP contribution in [0.5, 0.6) is 0 Å². The molecule has 0 amide bonds. The van der Waals surface area contributed by atoms with E-state index in [4.69, 9.17) is 0 Å². The number of hydrogen-bond acceptors (Lipinski definition) is 3. The van der Waals surface area contributed by atoms with Crippen molar-refractivity contribution in [2.75, 3.05) is 26.2 Å². The minimum absolute atomic E-state index is 0.563. The van der Waals surface area contributed by atoms with Crippen LogP contribution in [0.3, 0.4) is 0 Å². The second-order valence-corrected chi connectivity index (χ2v) is 5.49. The molecule has 14 heavy (non-hydrogen) atoms. The van der Waals surface area contributed by atoms with Gasteiger partial charge in [0.05, 0.1) is 0 Å². The number of halogens is 1. The van der Waals surface area contributed by atoms with E-state index in [9.17, 15) is 0 Å². The van der Waals surface area contributed by atoms with Gasteiger partial charge in [-0.15, -0.1) is 11.3 Å². The summed E-state index contributed by atoms with van der Waals surface area (Å²) in [5.74, 6) is 0. The van der Waals surface area contributed by atoms with Crippen LogP contribution in [-0.2, 0) is 0 Å². The monoisotopic (exact) mass is 274 g/mol. The van der Waals surface area contributed by atoms with E-state index < -0.39 is 0 Å². The third-order valence-electron chi connectivity index (χ3n) is 2.70. The third kappa shape index (κ3) is 2.37. The van der Waals surface area contributed by atoms with E-state index in [1.807, 2.05) is 11.3 Å². The van der Waals surface area contributed by atoms with Gasteiger partial charge in [-0.25, -0.2) is 0 Å². The second kappa shape index (κ2) is 4.75. The number of piperazine rings is 1. The third-order valence-corrected chi connectivity index (χ3v) is 4.56. The first-order valence-corrected chi connectivity index (χ1v) is 6.63. The van der Waals surface area contributed by atoms with E-state index in [1.54, 1.807) is 0 Å². The molecule has 0 bridgehead atoms. The largest absolute Gasteiger partial charge is 0.314 e. The average molecular weight is 275 g/mol. The SMILES string of the molecule is C[C@@H](c1cc(Br)cs1)N1CCNCC1. The van der Waals surface area contributed by atoms with E-state index in [1.165, 1.54) is 9.35 Å². The molecule has 1 atom stereocenters. The van der Waals surface area contributed by atoms with Crippen molar-refractivity contribution in [2.45, 2.75) is 13.0 Å². The van der Waals surface area contributed by atoms with Crippen LogP contribution in [0.2, 0.25) is 0 Å². The normalized spacial score (nSPS) is 21.0. The van der Waals surface area contributed by atoms with Gasteiger partial charge in [0.15, 0.2) is 0 Å². The first-order chi connectivity index (χ1) is 6.77. The Morgan fingerprint density at radius 1 is 1.50 bits per heavy atom. The van der Waals surface area contributed by atoms with E-state index in [0.717, 1.165) is 26.2 Å². The molecule has 4 heteroatoms. The lowest BCUT2D eigenvalue weighted by Gasteiger charge is -2.32. The van der Waals surface area contributed by atoms with Crippen molar-refractivity contribution in [1.29, 1.82) is 0 Å². The van der Waals surface area contributed by atoms with Gasteiger partial charge in [0.25, 0.3) is 0 Å². The molecule has 1 aromatic rings. The molecule has 1 aliphatic rings. The van der Waals surface area contributed by atoms with Gasteiger partial charge < -0.3 is 5.32 Å². The molecule has 0 radical (unpaired) electrons. The van der Waals surface area contributed by atoms with Crippen LogP contribution in [0.1, 0.15) is 17.8 Å². The summed E-state index contributed by atoms with van der Waals surface area (Å²) in [6, 6.07) is 2.80. The van der Waals surface area contributed by atoms with Gasteiger partial charge in [-0.1, -0.05) is 0 Å². The lowest BCUT2D eigenvalue weighted by atomic mass is 10.2. The van der Waals surface area contributed by atoms with E-state index in [2.05, 4.69) is 44.5 Å². The zero-order valence-corrected chi connectivity index (χ0v) is 10.7. The van der Waals surface area contributed by atoms with Crippen LogP contribution in [0.4, 0.5) is 0 Å². The highest BCUT2D eigenvalue weighted by Crippen LogP contribution is 2.29. The topological polar surface area (TPSA) is 15.3 Å². The van der Waals surface area contributed by atoms with Crippen LogP contribution in [0.25, 0.3) is 0 Å². The Hall–Kier alpha value is 0.1000. The van der Waals surface area contributed by atoms with Crippen molar-refractivity contribution in [3.63, 3.8) is 0 Å². The standard InChI is InChI=1S/C10H15BrN2S/c1-8(10-6-9(11)7-14-10)13-4-2-12-3-5-13/h6-8,12H,2-5H2,1H3/t8-/m0/s1. The predicted molar refractivity (Wildman–Crippen MR) is 64.9 cm³/mol. The van der Waals surface area contributed by atoms with Gasteiger partial charge in [-0.3, -0.25) is 4.90 Å². The van der Waals surface area contributed by atoms with Crippen LogP contribution in [0, 0.1) is 0 Å². The first-order valence-electron chi connectivity index (χ1n) is 4.96. The lowest BCUT2D eigenvalue weighted by molar-refractivity contribution is 0.188. The fourth-order valence-corrected chi connectivity index (χ4v) is 3.33. The second-order valence-electron chi connectivity index (χ2n) is 3.63. The zero-order chi connectivity index (χ0) is 9.97. The molecular formula is C10H15BrN2S. The van der Waals surface area contributed by atoms with Crippen LogP contribution in [-0.4, -0.2) is 31.1 Å². The summed E-state index contributed by atoms with van der Waals surface area (Å²) in [6.45, 7) is 6.87. The molecule has 0 unspecified atom stereocenters. The average Bonchev–Trinajstić information content (AvgIpc) is 2.65. The summed E-state index contributed by atoms with van der Waals surface area (Å²) in [5, 5.41) is 5.54. The van der Waals surface area contributed by atoms with Crippen molar-refractivity contribution in [3.8, 4) is 0 Å². The number of hydrogen-bond donors (Lipinski definition) is 1. The van der Waals surface area contributed by atoms with Gasteiger partial charge in [-0.2, -0.15) is 0 Å². The fraction of sp³-hybridized carbons (Fsp3) is 0.600. The molecule has 0 saturated carbocycles. The minimum atomic E-state index is 0.563. The molecule has 1 aliphatic heterocycles. The maximum atomic E-state index is 3.50. The highest BCUT2D eigenvalue weighted by Gasteiger charge is 2.18. The Balaban J connectivity index is 2.03. The molecule has 0 spiro atoms. The molecule has 2 heterocycles. The highest BCUT2D eigenvalue weighted by atomic mass is 79.9. The summed E-state index contributed by atoms with van der Waals surface area (Å²) < 4.78 is 1.21. The lowest BCUT2D eigenvalue weighted by Crippen LogP contribution is -2.44. The Kier molecular flexibility index (Phi) is 3.60. The van der Waals surface area contributed by atoms with Crippen molar-refractivity contribution >= 4 is 27.3 Å². The van der Waals surface area contributed by atoms with Gasteiger partial charge in [-0.05, 0) is 28.9 Å². The maximum Gasteiger partial charge on any atom is 0.0414 e. The Morgan fingerprint density at radius 2 is 2.21 bits per heavy atom. The van der Waals surface area contributed by atoms with Gasteiger partial charge in [0, 0.05) is 47.0 Å². The smallest absolute Gasteiger partial charge is 0.0414 e. The summed E-state index contributed by atoms with van der Waals surface area (Å²) in [7, 11) is 0. The summed E-state index contributed by atoms with van der Waals surface area (Å²) in [5.41, 5.74) is 0. The minimum Gasteiger partial charge on any atom is -0.314 e. The van der Waals surface area contributed by atoms with Crippen molar-refractivity contribution in [1.82, 2.24) is 10.2 Å². The summed E-state index contributed by atoms with van der Waals surface area (Å²) >= 11 is 5.35. The summed E-state index contributed by atoms with van der Waals surface area (Å²) in [4.78, 5) is 3.99. The van der Waals surface area contributed by atoms with Crippen LogP contribution in [0.15, 0.2) is 15.9 Å². The molecule has 0 aromatic carbocycles. The van der Waals surface area contributed by atoms with Crippen LogP contribution < -0.4 is 5.32 Å². The zero-order valence-electron chi connectivity index (χ0n) is 8.29. The summed E-state index contributed by atoms with van der Waals surface area (Å²) in [6.07, 6.45) is 0. The first kappa shape index (κ1) is 10.6. The predicted octanol–water partition coefficient (Wildman–Crippen LogP) is 2.48. The molecule has 2 rings (SSSR count). The van der Waals surface area contributed by atoms with E-state index in [0.29, 0.717) is 6.04 Å². The Morgan fingerprint density at radius 3 is 2.79 bits per heavy atom. The molecule has 78 valence electrons. The molecule has 1 fully saturated rings. The molecule has 2 nitrogen and oxygen atoms in total. The fourth-order valence-electron chi connectivity index (χ4n) is 1.80. The quantitative estimate of drug-likeness (QED) is 0.892. The number of nitrogens with one attached hydrogen (secondary N) is 1. The van der Waals surface area contributed by atoms with Crippen molar-refractivity contribution < 1.29 is 0 Å². The number of nitrogens with zero attached hydrogens (tertiary/aromatic N) is 1. The number of rotatable bonds is 2. The van der Waals surface area contributed by atoms with Gasteiger partial charge in [0.1, 0.15) is 0 Å². The maximum absolute atomic E-state index is 3.50. The van der Waals surface area contributed by atoms with Crippen molar-refractivity contribution in [3.05, 3.63) is 20.8 Å². The van der Waals surface area contributed by atoms with Crippen LogP contribution >= 0.6 is 27.3 Å². The Bertz CT molecular complexity index is 294. The Labute approximate surface area is 97.4 Å². The molecule has 0 aliphatic carbocycles. The molecule has 1 aromatic heterocycles. The van der Waals surface area contributed by atoms with Crippen molar-refractivity contribution in [2.24, 2.45) is 0 Å². The van der Waals surface area contributed by atoms with Gasteiger partial charge >= 0.3 is 0 Å².